The van der Waals surface area contributed by atoms with Crippen LogP contribution in [0.2, 0.25) is 0 Å². The van der Waals surface area contributed by atoms with E-state index in [0.29, 0.717) is 0 Å². The van der Waals surface area contributed by atoms with Crippen LogP contribution in [0.1, 0.15) is 32.4 Å². The molecule has 0 atom stereocenters. The van der Waals surface area contributed by atoms with Crippen LogP contribution < -0.4 is 10.4 Å². The van der Waals surface area contributed by atoms with Gasteiger partial charge in [-0.2, -0.15) is 5.10 Å². The number of allylic oxidation sites excluding steroid dienone is 4. The van der Waals surface area contributed by atoms with E-state index in [4.69, 9.17) is 10.1 Å². The normalized spacial score (nSPS) is 17.3. The van der Waals surface area contributed by atoms with E-state index in [1.54, 1.807) is 0 Å². The minimum absolute atomic E-state index is 0.813. The molecule has 2 heterocycles. The number of H-pyrrole nitrogens is 1. The maximum Gasteiger partial charge on any atom is 0.176 e. The summed E-state index contributed by atoms with van der Waals surface area (Å²) < 4.78 is 4.07. The average molecular weight is 319 g/mol. The van der Waals surface area contributed by atoms with E-state index in [1.165, 1.54) is 32.9 Å². The number of fused-ring (bicyclic) bond motifs is 2. The summed E-state index contributed by atoms with van der Waals surface area (Å²) in [6.07, 6.45) is 11.8. The van der Waals surface area contributed by atoms with Crippen LogP contribution in [0, 0.1) is 10.8 Å². The molecule has 0 radical (unpaired) electrons. The Balaban J connectivity index is 2.03. The Hall–Kier alpha value is -2.56. The molecule has 0 saturated heterocycles. The number of aryl methyl sites for hydroxylation is 2. The number of aromatic nitrogens is 5. The topological polar surface area (TPSA) is 51.4 Å². The molecule has 0 spiro atoms. The van der Waals surface area contributed by atoms with Crippen LogP contribution in [0.25, 0.3) is 11.6 Å². The van der Waals surface area contributed by atoms with Gasteiger partial charge < -0.3 is 0 Å². The zero-order chi connectivity index (χ0) is 16.3. The van der Waals surface area contributed by atoms with Crippen molar-refractivity contribution in [1.29, 1.82) is 0 Å². The van der Waals surface area contributed by atoms with Gasteiger partial charge in [0.15, 0.2) is 5.48 Å². The molecule has 3 aliphatic carbocycles. The first-order chi connectivity index (χ1) is 11.8. The number of aromatic amines is 1. The molecule has 5 heteroatoms. The summed E-state index contributed by atoms with van der Waals surface area (Å²) >= 11 is 0. The third kappa shape index (κ3) is 1.75. The first kappa shape index (κ1) is 13.8. The van der Waals surface area contributed by atoms with Crippen molar-refractivity contribution in [1.82, 2.24) is 24.5 Å². The van der Waals surface area contributed by atoms with Crippen molar-refractivity contribution in [3.8, 4) is 0 Å². The minimum Gasteiger partial charge on any atom is -0.293 e. The van der Waals surface area contributed by atoms with Gasteiger partial charge in [0.2, 0.25) is 0 Å². The summed E-state index contributed by atoms with van der Waals surface area (Å²) in [6.45, 7) is 5.94. The molecule has 0 bridgehead atoms. The van der Waals surface area contributed by atoms with Gasteiger partial charge in [-0.1, -0.05) is 23.8 Å². The van der Waals surface area contributed by atoms with Gasteiger partial charge in [-0.05, 0) is 37.8 Å². The third-order valence-electron chi connectivity index (χ3n) is 5.30. The third-order valence-corrected chi connectivity index (χ3v) is 5.30. The van der Waals surface area contributed by atoms with Crippen LogP contribution in [0.5, 0.6) is 0 Å². The molecular formula is C19H21N5. The van der Waals surface area contributed by atoms with Crippen molar-refractivity contribution in [3.63, 3.8) is 0 Å². The number of hydrogen-bond acceptors (Lipinski definition) is 2. The highest BCUT2D eigenvalue weighted by molar-refractivity contribution is 5.79. The van der Waals surface area contributed by atoms with Gasteiger partial charge in [-0.15, -0.1) is 0 Å². The highest BCUT2D eigenvalue weighted by Crippen LogP contribution is 2.32. The fourth-order valence-corrected chi connectivity index (χ4v) is 4.14. The van der Waals surface area contributed by atoms with Crippen LogP contribution in [-0.4, -0.2) is 24.5 Å². The highest BCUT2D eigenvalue weighted by Gasteiger charge is 2.24. The Morgan fingerprint density at radius 1 is 1.21 bits per heavy atom. The van der Waals surface area contributed by atoms with Crippen LogP contribution in [0.3, 0.4) is 0 Å². The molecule has 0 aromatic rings. The summed E-state index contributed by atoms with van der Waals surface area (Å²) in [6, 6.07) is 0. The second-order valence-corrected chi connectivity index (χ2v) is 6.58. The summed E-state index contributed by atoms with van der Waals surface area (Å²) in [5.74, 6) is 0. The largest absolute Gasteiger partial charge is 0.293 e. The van der Waals surface area contributed by atoms with E-state index in [9.17, 15) is 0 Å². The maximum atomic E-state index is 5.01. The van der Waals surface area contributed by atoms with Gasteiger partial charge in [0.1, 0.15) is 11.7 Å². The van der Waals surface area contributed by atoms with Crippen molar-refractivity contribution < 1.29 is 0 Å². The minimum atomic E-state index is 0.813. The lowest BCUT2D eigenvalue weighted by atomic mass is 9.91. The molecule has 0 unspecified atom stereocenters. The second-order valence-electron chi connectivity index (χ2n) is 6.58. The SMILES string of the molecule is CCn1cnc2n(CC)nc3c4c(c=2[nH]1)=CCC=4C1=C(CC=C1)C3. The monoisotopic (exact) mass is 319 g/mol. The summed E-state index contributed by atoms with van der Waals surface area (Å²) in [4.78, 5) is 4.71. The molecule has 0 fully saturated rings. The van der Waals surface area contributed by atoms with Crippen molar-refractivity contribution >= 4 is 11.6 Å². The van der Waals surface area contributed by atoms with E-state index in [-0.39, 0.29) is 0 Å². The van der Waals surface area contributed by atoms with Crippen molar-refractivity contribution in [2.75, 3.05) is 0 Å². The molecule has 5 rings (SSSR count). The summed E-state index contributed by atoms with van der Waals surface area (Å²) in [7, 11) is 0. The predicted molar refractivity (Wildman–Crippen MR) is 92.9 cm³/mol. The molecule has 24 heavy (non-hydrogen) atoms. The van der Waals surface area contributed by atoms with Crippen LogP contribution >= 0.6 is 0 Å². The quantitative estimate of drug-likeness (QED) is 0.911. The molecular weight excluding hydrogens is 298 g/mol. The van der Waals surface area contributed by atoms with E-state index < -0.39 is 0 Å². The van der Waals surface area contributed by atoms with Gasteiger partial charge in [-0.25, -0.2) is 9.67 Å². The average Bonchev–Trinajstić information content (AvgIpc) is 3.22. The molecule has 0 amide bonds. The fourth-order valence-electron chi connectivity index (χ4n) is 4.14. The van der Waals surface area contributed by atoms with Gasteiger partial charge in [0, 0.05) is 29.9 Å². The first-order valence-electron chi connectivity index (χ1n) is 8.80. The number of hydrogen-bond donors (Lipinski definition) is 1. The zero-order valence-electron chi connectivity index (χ0n) is 14.1. The van der Waals surface area contributed by atoms with Crippen LogP contribution in [0.4, 0.5) is 0 Å². The van der Waals surface area contributed by atoms with E-state index in [2.05, 4.69) is 37.2 Å². The lowest BCUT2D eigenvalue weighted by Gasteiger charge is -2.14. The Kier molecular flexibility index (Phi) is 2.86. The van der Waals surface area contributed by atoms with E-state index in [1.807, 2.05) is 15.7 Å². The Bertz CT molecular complexity index is 1150. The van der Waals surface area contributed by atoms with Crippen LogP contribution in [-0.2, 0) is 19.5 Å². The number of rotatable bonds is 2. The first-order valence-corrected chi connectivity index (χ1v) is 8.80. The lowest BCUT2D eigenvalue weighted by Crippen LogP contribution is -2.31. The molecule has 5 aliphatic rings. The van der Waals surface area contributed by atoms with Gasteiger partial charge in [-0.3, -0.25) is 9.78 Å². The molecule has 2 aliphatic heterocycles. The number of nitrogens with zero attached hydrogens (tertiary/aromatic N) is 4. The summed E-state index contributed by atoms with van der Waals surface area (Å²) in [5.41, 5.74) is 6.55. The predicted octanol–water partition coefficient (Wildman–Crippen LogP) is 1.44. The van der Waals surface area contributed by atoms with E-state index >= 15 is 0 Å². The zero-order valence-corrected chi connectivity index (χ0v) is 14.1. The van der Waals surface area contributed by atoms with Crippen molar-refractivity contribution in [2.45, 2.75) is 46.2 Å². The molecule has 0 aromatic carbocycles. The van der Waals surface area contributed by atoms with Gasteiger partial charge in [0.25, 0.3) is 0 Å². The van der Waals surface area contributed by atoms with Crippen molar-refractivity contribution in [2.24, 2.45) is 0 Å². The molecule has 0 aromatic heterocycles. The standard InChI is InChI=1S/C19H21N5/c1-3-23-11-20-19-18(22-23)15-9-8-14-13-7-5-6-12(13)10-16(17(14)15)21-24(19)4-2/h5,7,9,11,22H,3-4,6,8,10H2,1-2H3. The smallest absolute Gasteiger partial charge is 0.176 e. The molecule has 1 N–H and O–H groups in total. The lowest BCUT2D eigenvalue weighted by molar-refractivity contribution is 0.558. The Morgan fingerprint density at radius 2 is 2.12 bits per heavy atom. The molecule has 5 nitrogen and oxygen atoms in total. The van der Waals surface area contributed by atoms with Gasteiger partial charge in [0.05, 0.1) is 5.69 Å². The second kappa shape index (κ2) is 4.97. The Morgan fingerprint density at radius 3 is 2.96 bits per heavy atom. The van der Waals surface area contributed by atoms with E-state index in [0.717, 1.165) is 43.2 Å². The fraction of sp³-hybridized carbons (Fsp3) is 0.368. The number of nitrogens with one attached hydrogen (secondary N) is 1. The maximum absolute atomic E-state index is 5.01. The molecule has 122 valence electrons. The highest BCUT2D eigenvalue weighted by atomic mass is 15.3. The molecule has 0 saturated carbocycles. The van der Waals surface area contributed by atoms with Gasteiger partial charge >= 0.3 is 0 Å². The Labute approximate surface area is 139 Å². The van der Waals surface area contributed by atoms with Crippen molar-refractivity contribution in [3.05, 3.63) is 56.6 Å². The summed E-state index contributed by atoms with van der Waals surface area (Å²) in [5, 5.41) is 12.3. The van der Waals surface area contributed by atoms with Crippen LogP contribution in [0.15, 0.2) is 29.6 Å².